The van der Waals surface area contributed by atoms with Crippen molar-refractivity contribution in [3.63, 3.8) is 0 Å². The Morgan fingerprint density at radius 2 is 2.29 bits per heavy atom. The van der Waals surface area contributed by atoms with Gasteiger partial charge in [0, 0.05) is 13.1 Å². The van der Waals surface area contributed by atoms with Crippen LogP contribution < -0.4 is 5.73 Å². The molecule has 2 rings (SSSR count). The lowest BCUT2D eigenvalue weighted by Gasteiger charge is -2.34. The van der Waals surface area contributed by atoms with E-state index in [1.165, 1.54) is 12.4 Å². The van der Waals surface area contributed by atoms with Crippen molar-refractivity contribution in [3.05, 3.63) is 18.1 Å². The molecule has 1 aliphatic rings. The summed E-state index contributed by atoms with van der Waals surface area (Å²) in [4.78, 5) is 21.6. The highest BCUT2D eigenvalue weighted by Gasteiger charge is 2.28. The van der Waals surface area contributed by atoms with E-state index >= 15 is 0 Å². The average molecular weight is 236 g/mol. The number of aliphatic hydroxyl groups excluding tert-OH is 1. The number of rotatable bonds is 1. The van der Waals surface area contributed by atoms with E-state index in [0.29, 0.717) is 31.0 Å². The van der Waals surface area contributed by atoms with Crippen LogP contribution in [0.2, 0.25) is 0 Å². The van der Waals surface area contributed by atoms with E-state index in [1.54, 1.807) is 4.90 Å². The normalized spacial score (nSPS) is 24.7. The number of carbonyl (C=O) groups is 1. The third-order valence-electron chi connectivity index (χ3n) is 3.04. The Balaban J connectivity index is 2.08. The summed E-state index contributed by atoms with van der Waals surface area (Å²) < 4.78 is 0. The second-order valence-corrected chi connectivity index (χ2v) is 4.41. The van der Waals surface area contributed by atoms with Crippen LogP contribution in [0.15, 0.2) is 12.4 Å². The number of hydrogen-bond donors (Lipinski definition) is 2. The molecule has 1 aromatic heterocycles. The van der Waals surface area contributed by atoms with Crippen molar-refractivity contribution in [2.24, 2.45) is 5.92 Å². The molecular formula is C11H16N4O2. The Bertz CT molecular complexity index is 406. The molecule has 1 saturated heterocycles. The third-order valence-corrected chi connectivity index (χ3v) is 3.04. The molecule has 6 heteroatoms. The smallest absolute Gasteiger partial charge is 0.274 e. The van der Waals surface area contributed by atoms with Gasteiger partial charge in [0.05, 0.1) is 18.5 Å². The number of nitrogens with zero attached hydrogens (tertiary/aromatic N) is 3. The second kappa shape index (κ2) is 4.67. The van der Waals surface area contributed by atoms with Gasteiger partial charge in [-0.15, -0.1) is 0 Å². The maximum absolute atomic E-state index is 12.1. The van der Waals surface area contributed by atoms with Gasteiger partial charge in [-0.25, -0.2) is 9.97 Å². The van der Waals surface area contributed by atoms with E-state index in [4.69, 9.17) is 5.73 Å². The number of aliphatic hydroxyl groups is 1. The van der Waals surface area contributed by atoms with E-state index in [9.17, 15) is 9.90 Å². The van der Waals surface area contributed by atoms with Crippen molar-refractivity contribution in [3.8, 4) is 0 Å². The summed E-state index contributed by atoms with van der Waals surface area (Å²) in [7, 11) is 0. The first-order chi connectivity index (χ1) is 8.08. The maximum Gasteiger partial charge on any atom is 0.274 e. The monoisotopic (exact) mass is 236 g/mol. The molecule has 17 heavy (non-hydrogen) atoms. The summed E-state index contributed by atoms with van der Waals surface area (Å²) >= 11 is 0. The van der Waals surface area contributed by atoms with Crippen LogP contribution in [0.3, 0.4) is 0 Å². The zero-order valence-electron chi connectivity index (χ0n) is 9.71. The molecule has 1 aromatic rings. The fourth-order valence-electron chi connectivity index (χ4n) is 1.93. The molecule has 0 bridgehead atoms. The molecule has 3 N–H and O–H groups in total. The quantitative estimate of drug-likeness (QED) is 0.710. The van der Waals surface area contributed by atoms with Crippen LogP contribution >= 0.6 is 0 Å². The number of carbonyl (C=O) groups excluding carboxylic acids is 1. The first-order valence-corrected chi connectivity index (χ1v) is 5.63. The van der Waals surface area contributed by atoms with Crippen molar-refractivity contribution in [2.45, 2.75) is 19.4 Å². The van der Waals surface area contributed by atoms with Crippen LogP contribution in [0, 0.1) is 5.92 Å². The van der Waals surface area contributed by atoms with E-state index < -0.39 is 0 Å². The number of hydrogen-bond acceptors (Lipinski definition) is 5. The summed E-state index contributed by atoms with van der Waals surface area (Å²) in [6, 6.07) is 0. The number of likely N-dealkylation sites (tertiary alicyclic amines) is 1. The maximum atomic E-state index is 12.1. The van der Waals surface area contributed by atoms with Gasteiger partial charge in [0.2, 0.25) is 0 Å². The molecule has 0 aromatic carbocycles. The minimum Gasteiger partial charge on any atom is -0.393 e. The minimum atomic E-state index is -0.323. The van der Waals surface area contributed by atoms with Gasteiger partial charge in [0.1, 0.15) is 11.5 Å². The molecular weight excluding hydrogens is 220 g/mol. The summed E-state index contributed by atoms with van der Waals surface area (Å²) in [6.07, 6.45) is 3.04. The van der Waals surface area contributed by atoms with E-state index in [1.807, 2.05) is 6.92 Å². The van der Waals surface area contributed by atoms with Crippen LogP contribution in [0.25, 0.3) is 0 Å². The Labute approximate surface area is 99.5 Å². The second-order valence-electron chi connectivity index (χ2n) is 4.41. The molecule has 0 saturated carbocycles. The van der Waals surface area contributed by atoms with Crippen molar-refractivity contribution < 1.29 is 9.90 Å². The topological polar surface area (TPSA) is 92.3 Å². The highest BCUT2D eigenvalue weighted by molar-refractivity contribution is 5.92. The lowest BCUT2D eigenvalue weighted by molar-refractivity contribution is 0.0294. The molecule has 0 aliphatic carbocycles. The first kappa shape index (κ1) is 11.8. The Morgan fingerprint density at radius 3 is 2.88 bits per heavy atom. The van der Waals surface area contributed by atoms with Crippen LogP contribution in [-0.4, -0.2) is 45.1 Å². The number of nitrogens with two attached hydrogens (primary N) is 1. The first-order valence-electron chi connectivity index (χ1n) is 5.63. The summed E-state index contributed by atoms with van der Waals surface area (Å²) in [5.41, 5.74) is 5.71. The van der Waals surface area contributed by atoms with Crippen LogP contribution in [0.5, 0.6) is 0 Å². The molecule has 1 fully saturated rings. The van der Waals surface area contributed by atoms with Gasteiger partial charge < -0.3 is 15.7 Å². The number of nitrogen functional groups attached to an aromatic ring is 1. The van der Waals surface area contributed by atoms with Gasteiger partial charge in [0.15, 0.2) is 0 Å². The number of amides is 1. The minimum absolute atomic E-state index is 0.0921. The van der Waals surface area contributed by atoms with Crippen molar-refractivity contribution in [2.75, 3.05) is 18.8 Å². The molecule has 0 radical (unpaired) electrons. The molecule has 92 valence electrons. The largest absolute Gasteiger partial charge is 0.393 e. The SMILES string of the molecule is CC1CN(C(=O)c2cnc(N)cn2)CCC1O. The highest BCUT2D eigenvalue weighted by Crippen LogP contribution is 2.17. The lowest BCUT2D eigenvalue weighted by Crippen LogP contribution is -2.45. The van der Waals surface area contributed by atoms with Crippen molar-refractivity contribution in [1.29, 1.82) is 0 Å². The standard InChI is InChI=1S/C11H16N4O2/c1-7-6-15(3-2-9(7)16)11(17)8-4-14-10(12)5-13-8/h4-5,7,9,16H,2-3,6H2,1H3,(H2,12,14). The fraction of sp³-hybridized carbons (Fsp3) is 0.545. The van der Waals surface area contributed by atoms with Crippen LogP contribution in [-0.2, 0) is 0 Å². The number of piperidine rings is 1. The number of anilines is 1. The summed E-state index contributed by atoms with van der Waals surface area (Å²) in [6.45, 7) is 3.03. The van der Waals surface area contributed by atoms with Crippen molar-refractivity contribution >= 4 is 11.7 Å². The third kappa shape index (κ3) is 2.52. The molecule has 2 unspecified atom stereocenters. The van der Waals surface area contributed by atoms with Gasteiger partial charge >= 0.3 is 0 Å². The Hall–Kier alpha value is -1.69. The van der Waals surface area contributed by atoms with Gasteiger partial charge in [0.25, 0.3) is 5.91 Å². The Morgan fingerprint density at radius 1 is 1.53 bits per heavy atom. The Kier molecular flexibility index (Phi) is 3.23. The van der Waals surface area contributed by atoms with Gasteiger partial charge in [-0.2, -0.15) is 0 Å². The zero-order valence-corrected chi connectivity index (χ0v) is 9.71. The lowest BCUT2D eigenvalue weighted by atomic mass is 9.96. The fourth-order valence-corrected chi connectivity index (χ4v) is 1.93. The molecule has 2 atom stereocenters. The predicted molar refractivity (Wildman–Crippen MR) is 62.1 cm³/mol. The zero-order chi connectivity index (χ0) is 12.4. The van der Waals surface area contributed by atoms with Crippen LogP contribution in [0.1, 0.15) is 23.8 Å². The molecule has 0 spiro atoms. The van der Waals surface area contributed by atoms with Gasteiger partial charge in [-0.05, 0) is 12.3 Å². The van der Waals surface area contributed by atoms with E-state index in [-0.39, 0.29) is 17.9 Å². The predicted octanol–water partition coefficient (Wildman–Crippen LogP) is -0.0983. The van der Waals surface area contributed by atoms with E-state index in [2.05, 4.69) is 9.97 Å². The van der Waals surface area contributed by atoms with Gasteiger partial charge in [-0.3, -0.25) is 4.79 Å². The summed E-state index contributed by atoms with van der Waals surface area (Å²) in [5.74, 6) is 0.231. The van der Waals surface area contributed by atoms with Crippen molar-refractivity contribution in [1.82, 2.24) is 14.9 Å². The average Bonchev–Trinajstić information content (AvgIpc) is 2.33. The molecule has 1 aliphatic heterocycles. The molecule has 6 nitrogen and oxygen atoms in total. The summed E-state index contributed by atoms with van der Waals surface area (Å²) in [5, 5.41) is 9.60. The highest BCUT2D eigenvalue weighted by atomic mass is 16.3. The van der Waals surface area contributed by atoms with Gasteiger partial charge in [-0.1, -0.05) is 6.92 Å². The van der Waals surface area contributed by atoms with E-state index in [0.717, 1.165) is 0 Å². The molecule has 2 heterocycles. The van der Waals surface area contributed by atoms with Crippen LogP contribution in [0.4, 0.5) is 5.82 Å². The number of aromatic nitrogens is 2. The molecule has 1 amide bonds.